The molecule has 0 spiro atoms. The molecule has 0 amide bonds. The van der Waals surface area contributed by atoms with Gasteiger partial charge < -0.3 is 10.2 Å². The first-order valence-corrected chi connectivity index (χ1v) is 5.92. The molecule has 2 unspecified atom stereocenters. The zero-order valence-electron chi connectivity index (χ0n) is 8.25. The van der Waals surface area contributed by atoms with Crippen LogP contribution in [0.4, 0.5) is 13.2 Å². The van der Waals surface area contributed by atoms with Crippen molar-refractivity contribution in [3.05, 3.63) is 28.5 Å². The van der Waals surface area contributed by atoms with Gasteiger partial charge in [0.2, 0.25) is 0 Å². The van der Waals surface area contributed by atoms with Crippen LogP contribution in [0.1, 0.15) is 17.2 Å². The molecule has 1 aromatic rings. The lowest BCUT2D eigenvalue weighted by molar-refractivity contribution is -0.140. The second kappa shape index (κ2) is 5.51. The van der Waals surface area contributed by atoms with Gasteiger partial charge in [0.15, 0.2) is 0 Å². The molecule has 0 fully saturated rings. The Morgan fingerprint density at radius 1 is 1.41 bits per heavy atom. The summed E-state index contributed by atoms with van der Waals surface area (Å²) in [6.45, 7) is 0. The Kier molecular flexibility index (Phi) is 4.77. The molecular formula is C9H8BrClF3NO2. The number of nitrogens with zero attached hydrogens (tertiary/aromatic N) is 1. The number of hydrogen-bond acceptors (Lipinski definition) is 3. The fourth-order valence-corrected chi connectivity index (χ4v) is 1.74. The van der Waals surface area contributed by atoms with E-state index in [1.807, 2.05) is 0 Å². The zero-order valence-corrected chi connectivity index (χ0v) is 10.6. The van der Waals surface area contributed by atoms with E-state index in [4.69, 9.17) is 11.6 Å². The molecule has 0 radical (unpaired) electrons. The Balaban J connectivity index is 3.25. The van der Waals surface area contributed by atoms with Gasteiger partial charge in [-0.2, -0.15) is 13.2 Å². The van der Waals surface area contributed by atoms with Gasteiger partial charge in [-0.1, -0.05) is 27.5 Å². The molecule has 0 aliphatic heterocycles. The summed E-state index contributed by atoms with van der Waals surface area (Å²) in [6, 6.07) is 0.890. The second-order valence-corrected chi connectivity index (χ2v) is 4.29. The highest BCUT2D eigenvalue weighted by Crippen LogP contribution is 2.36. The summed E-state index contributed by atoms with van der Waals surface area (Å²) >= 11 is 8.34. The van der Waals surface area contributed by atoms with E-state index in [0.29, 0.717) is 6.20 Å². The Morgan fingerprint density at radius 3 is 2.47 bits per heavy atom. The van der Waals surface area contributed by atoms with Crippen molar-refractivity contribution in [1.82, 2.24) is 4.98 Å². The van der Waals surface area contributed by atoms with Gasteiger partial charge in [0.05, 0.1) is 11.7 Å². The van der Waals surface area contributed by atoms with Crippen LogP contribution in [0, 0.1) is 0 Å². The van der Waals surface area contributed by atoms with Crippen molar-refractivity contribution >= 4 is 27.5 Å². The van der Waals surface area contributed by atoms with Crippen molar-refractivity contribution in [3.63, 3.8) is 0 Å². The largest absolute Gasteiger partial charge is 0.418 e. The summed E-state index contributed by atoms with van der Waals surface area (Å²) in [5, 5.41) is 18.7. The van der Waals surface area contributed by atoms with E-state index in [-0.39, 0.29) is 10.5 Å². The van der Waals surface area contributed by atoms with Crippen molar-refractivity contribution < 1.29 is 23.4 Å². The molecule has 0 aromatic carbocycles. The predicted octanol–water partition coefficient (Wildman–Crippen LogP) is 2.54. The van der Waals surface area contributed by atoms with E-state index in [9.17, 15) is 23.4 Å². The predicted molar refractivity (Wildman–Crippen MR) is 59.0 cm³/mol. The lowest BCUT2D eigenvalue weighted by Crippen LogP contribution is -2.23. The minimum absolute atomic E-state index is 0.0641. The van der Waals surface area contributed by atoms with E-state index in [1.54, 1.807) is 0 Å². The normalized spacial score (nSPS) is 15.7. The SMILES string of the molecule is OC(CBr)C(O)c1cc(Cl)ncc1C(F)(F)F. The Morgan fingerprint density at radius 2 is 2.00 bits per heavy atom. The quantitative estimate of drug-likeness (QED) is 0.660. The van der Waals surface area contributed by atoms with Crippen molar-refractivity contribution in [2.45, 2.75) is 18.4 Å². The Labute approximate surface area is 108 Å². The van der Waals surface area contributed by atoms with Crippen LogP contribution in [0.3, 0.4) is 0 Å². The van der Waals surface area contributed by atoms with E-state index >= 15 is 0 Å². The number of rotatable bonds is 3. The summed E-state index contributed by atoms with van der Waals surface area (Å²) in [5.41, 5.74) is -1.61. The van der Waals surface area contributed by atoms with Crippen LogP contribution in [0.2, 0.25) is 5.15 Å². The van der Waals surface area contributed by atoms with Gasteiger partial charge in [-0.3, -0.25) is 0 Å². The highest BCUT2D eigenvalue weighted by Gasteiger charge is 2.37. The Hall–Kier alpha value is -0.370. The van der Waals surface area contributed by atoms with Gasteiger partial charge in [-0.05, 0) is 11.6 Å². The molecule has 8 heteroatoms. The number of aliphatic hydroxyl groups excluding tert-OH is 2. The summed E-state index contributed by atoms with van der Waals surface area (Å²) in [6.07, 6.45) is -7.19. The zero-order chi connectivity index (χ0) is 13.2. The first-order valence-electron chi connectivity index (χ1n) is 4.42. The smallest absolute Gasteiger partial charge is 0.389 e. The summed E-state index contributed by atoms with van der Waals surface area (Å²) in [5.74, 6) is 0. The Bertz CT molecular complexity index is 402. The van der Waals surface area contributed by atoms with E-state index in [0.717, 1.165) is 6.07 Å². The molecule has 96 valence electrons. The van der Waals surface area contributed by atoms with Crippen LogP contribution >= 0.6 is 27.5 Å². The third-order valence-electron chi connectivity index (χ3n) is 2.05. The lowest BCUT2D eigenvalue weighted by atomic mass is 10.0. The molecule has 0 saturated carbocycles. The summed E-state index contributed by atoms with van der Waals surface area (Å²) in [4.78, 5) is 3.31. The van der Waals surface area contributed by atoms with E-state index < -0.39 is 29.5 Å². The minimum Gasteiger partial charge on any atom is -0.389 e. The van der Waals surface area contributed by atoms with Crippen LogP contribution in [0.5, 0.6) is 0 Å². The third kappa shape index (κ3) is 3.54. The van der Waals surface area contributed by atoms with Crippen LogP contribution < -0.4 is 0 Å². The number of aromatic nitrogens is 1. The standard InChI is InChI=1S/C9H8BrClF3NO2/c10-2-6(16)8(17)4-1-7(11)15-3-5(4)9(12,13)14/h1,3,6,8,16-17H,2H2. The van der Waals surface area contributed by atoms with Crippen molar-refractivity contribution in [1.29, 1.82) is 0 Å². The average Bonchev–Trinajstić information content (AvgIpc) is 2.25. The topological polar surface area (TPSA) is 53.4 Å². The van der Waals surface area contributed by atoms with Gasteiger partial charge in [0.1, 0.15) is 11.3 Å². The molecule has 2 N–H and O–H groups in total. The van der Waals surface area contributed by atoms with Crippen molar-refractivity contribution in [3.8, 4) is 0 Å². The fraction of sp³-hybridized carbons (Fsp3) is 0.444. The molecule has 17 heavy (non-hydrogen) atoms. The molecule has 0 aliphatic carbocycles. The van der Waals surface area contributed by atoms with Crippen molar-refractivity contribution in [2.24, 2.45) is 0 Å². The number of aliphatic hydroxyl groups is 2. The minimum atomic E-state index is -4.67. The lowest BCUT2D eigenvalue weighted by Gasteiger charge is -2.20. The van der Waals surface area contributed by atoms with Crippen molar-refractivity contribution in [2.75, 3.05) is 5.33 Å². The molecule has 3 nitrogen and oxygen atoms in total. The van der Waals surface area contributed by atoms with Gasteiger partial charge in [0, 0.05) is 11.5 Å². The average molecular weight is 335 g/mol. The van der Waals surface area contributed by atoms with Crippen LogP contribution in [-0.2, 0) is 6.18 Å². The number of alkyl halides is 4. The summed E-state index contributed by atoms with van der Waals surface area (Å²) < 4.78 is 37.9. The highest BCUT2D eigenvalue weighted by atomic mass is 79.9. The molecule has 0 bridgehead atoms. The second-order valence-electron chi connectivity index (χ2n) is 3.26. The van der Waals surface area contributed by atoms with Gasteiger partial charge in [0.25, 0.3) is 0 Å². The first-order chi connectivity index (χ1) is 7.77. The summed E-state index contributed by atoms with van der Waals surface area (Å²) in [7, 11) is 0. The molecule has 1 aromatic heterocycles. The van der Waals surface area contributed by atoms with Gasteiger partial charge in [-0.25, -0.2) is 4.98 Å². The number of hydrogen-bond donors (Lipinski definition) is 2. The number of pyridine rings is 1. The molecule has 1 rings (SSSR count). The van der Waals surface area contributed by atoms with E-state index in [1.165, 1.54) is 0 Å². The monoisotopic (exact) mass is 333 g/mol. The third-order valence-corrected chi connectivity index (χ3v) is 2.92. The maximum absolute atomic E-state index is 12.6. The molecular weight excluding hydrogens is 326 g/mol. The molecule has 0 saturated heterocycles. The first kappa shape index (κ1) is 14.7. The van der Waals surface area contributed by atoms with Crippen LogP contribution in [0.25, 0.3) is 0 Å². The maximum Gasteiger partial charge on any atom is 0.418 e. The maximum atomic E-state index is 12.6. The van der Waals surface area contributed by atoms with Crippen LogP contribution in [-0.4, -0.2) is 26.6 Å². The molecule has 2 atom stereocenters. The van der Waals surface area contributed by atoms with Gasteiger partial charge in [-0.15, -0.1) is 0 Å². The molecule has 1 heterocycles. The highest BCUT2D eigenvalue weighted by molar-refractivity contribution is 9.09. The number of halogens is 5. The van der Waals surface area contributed by atoms with Gasteiger partial charge >= 0.3 is 6.18 Å². The van der Waals surface area contributed by atoms with Crippen LogP contribution in [0.15, 0.2) is 12.3 Å². The fourth-order valence-electron chi connectivity index (χ4n) is 1.22. The molecule has 0 aliphatic rings. The van der Waals surface area contributed by atoms with E-state index in [2.05, 4.69) is 20.9 Å².